The molecule has 2 aliphatic heterocycles. The van der Waals surface area contributed by atoms with Crippen molar-refractivity contribution in [1.29, 1.82) is 0 Å². The summed E-state index contributed by atoms with van der Waals surface area (Å²) in [6.07, 6.45) is 0.241. The fraction of sp³-hybridized carbons (Fsp3) is 0.368. The number of anilines is 1. The van der Waals surface area contributed by atoms with E-state index in [1.54, 1.807) is 11.3 Å². The molecule has 0 aliphatic carbocycles. The van der Waals surface area contributed by atoms with Gasteiger partial charge in [-0.1, -0.05) is 23.7 Å². The summed E-state index contributed by atoms with van der Waals surface area (Å²) in [5.74, 6) is -0.0268. The number of benzene rings is 1. The molecule has 1 atom stereocenters. The Morgan fingerprint density at radius 3 is 2.67 bits per heavy atom. The third kappa shape index (κ3) is 4.48. The number of nitrogens with one attached hydrogen (secondary N) is 1. The van der Waals surface area contributed by atoms with Crippen LogP contribution in [0.1, 0.15) is 11.3 Å². The molecule has 0 unspecified atom stereocenters. The van der Waals surface area contributed by atoms with E-state index >= 15 is 0 Å². The largest absolute Gasteiger partial charge is 0.340 e. The first-order valence-electron chi connectivity index (χ1n) is 8.89. The van der Waals surface area contributed by atoms with Crippen LogP contribution in [0, 0.1) is 0 Å². The number of fused-ring (bicyclic) bond motifs is 1. The highest BCUT2D eigenvalue weighted by atomic mass is 35.5. The average Bonchev–Trinajstić information content (AvgIpc) is 3.07. The summed E-state index contributed by atoms with van der Waals surface area (Å²) in [5.41, 5.74) is 0.832. The van der Waals surface area contributed by atoms with E-state index in [0.717, 1.165) is 34.6 Å². The fourth-order valence-electron chi connectivity index (χ4n) is 3.33. The number of halogens is 1. The summed E-state index contributed by atoms with van der Waals surface area (Å²) in [5, 5.41) is 2.54. The number of thiophene rings is 1. The minimum atomic E-state index is -0.362. The molecule has 0 bridgehead atoms. The summed E-state index contributed by atoms with van der Waals surface area (Å²) in [4.78, 5) is 31.5. The maximum Gasteiger partial charge on any atom is 0.238 e. The summed E-state index contributed by atoms with van der Waals surface area (Å²) >= 11 is 9.07. The van der Waals surface area contributed by atoms with Crippen LogP contribution in [-0.2, 0) is 16.1 Å². The molecule has 1 aromatic carbocycles. The van der Waals surface area contributed by atoms with Gasteiger partial charge in [-0.25, -0.2) is 0 Å². The van der Waals surface area contributed by atoms with E-state index in [2.05, 4.69) is 16.3 Å². The van der Waals surface area contributed by atoms with Crippen molar-refractivity contribution in [2.24, 2.45) is 0 Å². The first-order valence-corrected chi connectivity index (χ1v) is 11.0. The summed E-state index contributed by atoms with van der Waals surface area (Å²) in [7, 11) is 0. The van der Waals surface area contributed by atoms with Crippen molar-refractivity contribution < 1.29 is 9.59 Å². The Morgan fingerprint density at radius 2 is 1.93 bits per heavy atom. The summed E-state index contributed by atoms with van der Waals surface area (Å²) in [6.45, 7) is 3.96. The van der Waals surface area contributed by atoms with Gasteiger partial charge >= 0.3 is 0 Å². The van der Waals surface area contributed by atoms with Crippen molar-refractivity contribution in [2.75, 3.05) is 31.5 Å². The standard InChI is InChI=1S/C19H20ClN3O2S2/c20-17-6-5-13(26-17)12-22-7-9-23(10-8-22)18(24)11-16-19(25)21-14-3-1-2-4-15(14)27-16/h1-6,16H,7-12H2,(H,21,25)/t16-/m1/s1. The molecular weight excluding hydrogens is 402 g/mol. The van der Waals surface area contributed by atoms with E-state index in [1.807, 2.05) is 35.2 Å². The van der Waals surface area contributed by atoms with Gasteiger partial charge in [-0.3, -0.25) is 14.5 Å². The lowest BCUT2D eigenvalue weighted by molar-refractivity contribution is -0.134. The Labute approximate surface area is 171 Å². The highest BCUT2D eigenvalue weighted by Gasteiger charge is 2.31. The number of amides is 2. The topological polar surface area (TPSA) is 52.7 Å². The van der Waals surface area contributed by atoms with Gasteiger partial charge in [0.25, 0.3) is 0 Å². The fourth-order valence-corrected chi connectivity index (χ4v) is 5.56. The molecule has 4 rings (SSSR count). The highest BCUT2D eigenvalue weighted by molar-refractivity contribution is 8.01. The van der Waals surface area contributed by atoms with Crippen LogP contribution >= 0.6 is 34.7 Å². The van der Waals surface area contributed by atoms with Gasteiger partial charge in [0.05, 0.1) is 15.3 Å². The number of carbonyl (C=O) groups is 2. The molecule has 142 valence electrons. The van der Waals surface area contributed by atoms with Gasteiger partial charge in [0.1, 0.15) is 0 Å². The SMILES string of the molecule is O=C1Nc2ccccc2S[C@@H]1CC(=O)N1CCN(Cc2ccc(Cl)s2)CC1. The van der Waals surface area contributed by atoms with E-state index < -0.39 is 0 Å². The van der Waals surface area contributed by atoms with E-state index in [-0.39, 0.29) is 23.5 Å². The minimum absolute atomic E-state index is 0.0563. The van der Waals surface area contributed by atoms with E-state index in [9.17, 15) is 9.59 Å². The maximum atomic E-state index is 12.7. The second-order valence-electron chi connectivity index (χ2n) is 6.66. The molecule has 5 nitrogen and oxygen atoms in total. The maximum absolute atomic E-state index is 12.7. The second-order valence-corrected chi connectivity index (χ2v) is 9.70. The first-order chi connectivity index (χ1) is 13.1. The van der Waals surface area contributed by atoms with Gasteiger partial charge in [-0.05, 0) is 24.3 Å². The van der Waals surface area contributed by atoms with Crippen LogP contribution < -0.4 is 5.32 Å². The molecule has 2 aromatic rings. The van der Waals surface area contributed by atoms with E-state index in [4.69, 9.17) is 11.6 Å². The lowest BCUT2D eigenvalue weighted by Crippen LogP contribution is -2.49. The highest BCUT2D eigenvalue weighted by Crippen LogP contribution is 2.36. The normalized spacial score (nSPS) is 20.3. The molecule has 1 fully saturated rings. The summed E-state index contributed by atoms with van der Waals surface area (Å²) in [6, 6.07) is 11.7. The third-order valence-corrected chi connectivity index (χ3v) is 7.29. The molecule has 1 aromatic heterocycles. The van der Waals surface area contributed by atoms with Gasteiger partial charge in [0.15, 0.2) is 0 Å². The van der Waals surface area contributed by atoms with Crippen LogP contribution in [0.25, 0.3) is 0 Å². The monoisotopic (exact) mass is 421 g/mol. The molecule has 8 heteroatoms. The zero-order valence-electron chi connectivity index (χ0n) is 14.7. The van der Waals surface area contributed by atoms with Gasteiger partial charge in [-0.15, -0.1) is 23.1 Å². The molecule has 0 spiro atoms. The lowest BCUT2D eigenvalue weighted by atomic mass is 10.2. The Morgan fingerprint density at radius 1 is 1.15 bits per heavy atom. The second kappa shape index (κ2) is 8.22. The van der Waals surface area contributed by atoms with Crippen LogP contribution in [-0.4, -0.2) is 53.0 Å². The zero-order valence-corrected chi connectivity index (χ0v) is 17.1. The Bertz CT molecular complexity index is 849. The van der Waals surface area contributed by atoms with Crippen LogP contribution in [0.15, 0.2) is 41.3 Å². The van der Waals surface area contributed by atoms with Crippen LogP contribution in [0.4, 0.5) is 5.69 Å². The number of para-hydroxylation sites is 1. The number of piperazine rings is 1. The smallest absolute Gasteiger partial charge is 0.238 e. The Hall–Kier alpha value is -1.54. The van der Waals surface area contributed by atoms with Crippen LogP contribution in [0.5, 0.6) is 0 Å². The number of hydrogen-bond donors (Lipinski definition) is 1. The number of nitrogens with zero attached hydrogens (tertiary/aromatic N) is 2. The summed E-state index contributed by atoms with van der Waals surface area (Å²) < 4.78 is 0.809. The molecule has 27 heavy (non-hydrogen) atoms. The van der Waals surface area contributed by atoms with Crippen molar-refractivity contribution in [2.45, 2.75) is 23.1 Å². The predicted molar refractivity (Wildman–Crippen MR) is 111 cm³/mol. The number of carbonyl (C=O) groups excluding carboxylic acids is 2. The third-order valence-electron chi connectivity index (χ3n) is 4.80. The molecular formula is C19H20ClN3O2S2. The minimum Gasteiger partial charge on any atom is -0.340 e. The van der Waals surface area contributed by atoms with Crippen LogP contribution in [0.2, 0.25) is 4.34 Å². The van der Waals surface area contributed by atoms with Crippen molar-refractivity contribution in [3.8, 4) is 0 Å². The van der Waals surface area contributed by atoms with Crippen molar-refractivity contribution in [3.63, 3.8) is 0 Å². The van der Waals surface area contributed by atoms with Crippen molar-refractivity contribution >= 4 is 52.2 Å². The quantitative estimate of drug-likeness (QED) is 0.820. The molecule has 0 saturated carbocycles. The van der Waals surface area contributed by atoms with Crippen LogP contribution in [0.3, 0.4) is 0 Å². The van der Waals surface area contributed by atoms with E-state index in [0.29, 0.717) is 13.1 Å². The van der Waals surface area contributed by atoms with Gasteiger partial charge in [-0.2, -0.15) is 0 Å². The molecule has 0 radical (unpaired) electrons. The average molecular weight is 422 g/mol. The lowest BCUT2D eigenvalue weighted by Gasteiger charge is -2.35. The number of thioether (sulfide) groups is 1. The zero-order chi connectivity index (χ0) is 18.8. The number of hydrogen-bond acceptors (Lipinski definition) is 5. The van der Waals surface area contributed by atoms with Gasteiger partial charge in [0.2, 0.25) is 11.8 Å². The van der Waals surface area contributed by atoms with Crippen molar-refractivity contribution in [3.05, 3.63) is 45.6 Å². The molecule has 2 amide bonds. The van der Waals surface area contributed by atoms with Gasteiger partial charge < -0.3 is 10.2 Å². The van der Waals surface area contributed by atoms with Crippen molar-refractivity contribution in [1.82, 2.24) is 9.80 Å². The molecule has 1 N–H and O–H groups in total. The molecule has 1 saturated heterocycles. The first kappa shape index (κ1) is 18.8. The number of rotatable bonds is 4. The Balaban J connectivity index is 1.29. The van der Waals surface area contributed by atoms with E-state index in [1.165, 1.54) is 16.6 Å². The molecule has 2 aliphatic rings. The predicted octanol–water partition coefficient (Wildman–Crippen LogP) is 3.55. The Kier molecular flexibility index (Phi) is 5.73. The molecule has 3 heterocycles. The van der Waals surface area contributed by atoms with Gasteiger partial charge in [0, 0.05) is 48.9 Å².